The zero-order valence-corrected chi connectivity index (χ0v) is 19.9. The number of hydrogen-bond donors (Lipinski definition) is 0. The Morgan fingerprint density at radius 2 is 1.86 bits per heavy atom. The first-order valence-electron chi connectivity index (χ1n) is 10.5. The third-order valence-corrected chi connectivity index (χ3v) is 5.98. The molecule has 29 heavy (non-hydrogen) atoms. The van der Waals surface area contributed by atoms with Gasteiger partial charge in [-0.25, -0.2) is 4.79 Å². The first-order chi connectivity index (χ1) is 13.6. The van der Waals surface area contributed by atoms with Crippen LogP contribution in [-0.2, 0) is 20.7 Å². The van der Waals surface area contributed by atoms with Crippen LogP contribution in [0, 0.1) is 12.3 Å². The number of halogens is 1. The van der Waals surface area contributed by atoms with Crippen LogP contribution in [0.2, 0.25) is 0 Å². The molecule has 1 aliphatic rings. The Kier molecular flexibility index (Phi) is 8.15. The second kappa shape index (κ2) is 9.96. The molecule has 0 unspecified atom stereocenters. The van der Waals surface area contributed by atoms with Crippen molar-refractivity contribution < 1.29 is 19.1 Å². The monoisotopic (exact) mass is 467 g/mol. The van der Waals surface area contributed by atoms with Gasteiger partial charge in [-0.15, -0.1) is 0 Å². The summed E-state index contributed by atoms with van der Waals surface area (Å²) in [4.78, 5) is 26.9. The minimum absolute atomic E-state index is 0.128. The summed E-state index contributed by atoms with van der Waals surface area (Å²) in [6, 6.07) is 6.32. The molecule has 0 aliphatic carbocycles. The van der Waals surface area contributed by atoms with Gasteiger partial charge in [-0.2, -0.15) is 0 Å². The molecule has 0 radical (unpaired) electrons. The Morgan fingerprint density at radius 1 is 1.21 bits per heavy atom. The van der Waals surface area contributed by atoms with E-state index in [1.165, 1.54) is 11.1 Å². The molecule has 1 saturated heterocycles. The number of carbonyl (C=O) groups excluding carboxylic acids is 2. The Bertz CT molecular complexity index is 718. The molecular formula is C23H34BrNO4. The molecule has 1 aliphatic heterocycles. The number of ether oxygens (including phenoxy) is 2. The standard InChI is InChI=1S/C23H34BrNO4/c1-6-28-20(26)23(11-7-8-18-9-10-19(24)16-17(18)2)12-14-25(15-13-23)21(27)29-22(3,4)5/h9-10,16H,6-8,11-15H2,1-5H3. The van der Waals surface area contributed by atoms with Gasteiger partial charge in [0.1, 0.15) is 5.60 Å². The lowest BCUT2D eigenvalue weighted by Crippen LogP contribution is -2.48. The van der Waals surface area contributed by atoms with E-state index < -0.39 is 11.0 Å². The van der Waals surface area contributed by atoms with Gasteiger partial charge >= 0.3 is 12.1 Å². The number of amides is 1. The molecule has 2 rings (SSSR count). The van der Waals surface area contributed by atoms with Crippen molar-refractivity contribution in [1.82, 2.24) is 4.90 Å². The third-order valence-electron chi connectivity index (χ3n) is 5.49. The summed E-state index contributed by atoms with van der Waals surface area (Å²) in [6.07, 6.45) is 3.53. The van der Waals surface area contributed by atoms with E-state index in [1.807, 2.05) is 27.7 Å². The van der Waals surface area contributed by atoms with Crippen molar-refractivity contribution in [3.8, 4) is 0 Å². The van der Waals surface area contributed by atoms with Gasteiger partial charge in [0.05, 0.1) is 12.0 Å². The number of carbonyl (C=O) groups is 2. The molecule has 1 aromatic carbocycles. The zero-order chi connectivity index (χ0) is 21.7. The smallest absolute Gasteiger partial charge is 0.410 e. The number of likely N-dealkylation sites (tertiary alicyclic amines) is 1. The van der Waals surface area contributed by atoms with E-state index in [-0.39, 0.29) is 12.1 Å². The molecule has 0 atom stereocenters. The fraction of sp³-hybridized carbons (Fsp3) is 0.652. The maximum absolute atomic E-state index is 12.8. The van der Waals surface area contributed by atoms with Crippen LogP contribution in [0.3, 0.4) is 0 Å². The van der Waals surface area contributed by atoms with Crippen LogP contribution in [0.5, 0.6) is 0 Å². The minimum atomic E-state index is -0.519. The summed E-state index contributed by atoms with van der Waals surface area (Å²) in [5.41, 5.74) is 1.52. The average molecular weight is 468 g/mol. The Labute approximate surface area is 183 Å². The second-order valence-corrected chi connectivity index (χ2v) is 9.81. The molecule has 0 N–H and O–H groups in total. The molecule has 0 spiro atoms. The fourth-order valence-electron chi connectivity index (χ4n) is 3.84. The normalized spacial score (nSPS) is 16.4. The van der Waals surface area contributed by atoms with Crippen molar-refractivity contribution in [2.75, 3.05) is 19.7 Å². The predicted molar refractivity (Wildman–Crippen MR) is 118 cm³/mol. The number of esters is 1. The van der Waals surface area contributed by atoms with Crippen molar-refractivity contribution in [1.29, 1.82) is 0 Å². The Hall–Kier alpha value is -1.56. The van der Waals surface area contributed by atoms with Crippen molar-refractivity contribution in [2.24, 2.45) is 5.41 Å². The quantitative estimate of drug-likeness (QED) is 0.506. The lowest BCUT2D eigenvalue weighted by Gasteiger charge is -2.40. The number of piperidine rings is 1. The summed E-state index contributed by atoms with van der Waals surface area (Å²) < 4.78 is 12.0. The summed E-state index contributed by atoms with van der Waals surface area (Å²) in [6.45, 7) is 11.0. The Balaban J connectivity index is 2.01. The van der Waals surface area contributed by atoms with Gasteiger partial charge in [-0.05, 0) is 90.0 Å². The molecule has 0 aromatic heterocycles. The molecular weight excluding hydrogens is 434 g/mol. The fourth-order valence-corrected chi connectivity index (χ4v) is 4.32. The number of nitrogens with zero attached hydrogens (tertiary/aromatic N) is 1. The number of rotatable bonds is 6. The van der Waals surface area contributed by atoms with Gasteiger partial charge in [0, 0.05) is 17.6 Å². The SMILES string of the molecule is CCOC(=O)C1(CCCc2ccc(Br)cc2C)CCN(C(=O)OC(C)(C)C)CC1. The molecule has 6 heteroatoms. The van der Waals surface area contributed by atoms with Crippen LogP contribution < -0.4 is 0 Å². The van der Waals surface area contributed by atoms with Crippen molar-refractivity contribution in [3.05, 3.63) is 33.8 Å². The molecule has 1 amide bonds. The van der Waals surface area contributed by atoms with Crippen molar-refractivity contribution in [3.63, 3.8) is 0 Å². The Morgan fingerprint density at radius 3 is 2.41 bits per heavy atom. The average Bonchev–Trinajstić information content (AvgIpc) is 2.63. The summed E-state index contributed by atoms with van der Waals surface area (Å²) >= 11 is 3.50. The van der Waals surface area contributed by atoms with Gasteiger partial charge in [-0.1, -0.05) is 22.0 Å². The maximum Gasteiger partial charge on any atom is 0.410 e. The van der Waals surface area contributed by atoms with Gasteiger partial charge in [0.2, 0.25) is 0 Å². The molecule has 162 valence electrons. The molecule has 0 bridgehead atoms. The summed E-state index contributed by atoms with van der Waals surface area (Å²) in [5, 5.41) is 0. The molecule has 1 heterocycles. The lowest BCUT2D eigenvalue weighted by molar-refractivity contribution is -0.159. The highest BCUT2D eigenvalue weighted by Gasteiger charge is 2.43. The number of benzene rings is 1. The van der Waals surface area contributed by atoms with Gasteiger partial charge in [0.25, 0.3) is 0 Å². The molecule has 0 saturated carbocycles. The van der Waals surface area contributed by atoms with E-state index in [2.05, 4.69) is 41.1 Å². The minimum Gasteiger partial charge on any atom is -0.466 e. The summed E-state index contributed by atoms with van der Waals surface area (Å²) in [5.74, 6) is -0.128. The first kappa shape index (κ1) is 23.7. The molecule has 1 fully saturated rings. The van der Waals surface area contributed by atoms with Crippen LogP contribution in [-0.4, -0.2) is 42.3 Å². The van der Waals surface area contributed by atoms with Crippen LogP contribution >= 0.6 is 15.9 Å². The largest absolute Gasteiger partial charge is 0.466 e. The van der Waals surface area contributed by atoms with Gasteiger partial charge in [0.15, 0.2) is 0 Å². The maximum atomic E-state index is 12.8. The number of hydrogen-bond acceptors (Lipinski definition) is 4. The highest BCUT2D eigenvalue weighted by molar-refractivity contribution is 9.10. The van der Waals surface area contributed by atoms with Crippen molar-refractivity contribution in [2.45, 2.75) is 72.3 Å². The summed E-state index contributed by atoms with van der Waals surface area (Å²) in [7, 11) is 0. The van der Waals surface area contributed by atoms with Crippen LogP contribution in [0.1, 0.15) is 64.5 Å². The highest BCUT2D eigenvalue weighted by Crippen LogP contribution is 2.38. The molecule has 1 aromatic rings. The van der Waals surface area contributed by atoms with Gasteiger partial charge in [-0.3, -0.25) is 4.79 Å². The van der Waals surface area contributed by atoms with E-state index in [9.17, 15) is 9.59 Å². The molecule has 5 nitrogen and oxygen atoms in total. The van der Waals surface area contributed by atoms with E-state index in [1.54, 1.807) is 4.90 Å². The third kappa shape index (κ3) is 6.73. The number of aryl methyl sites for hydroxylation is 2. The zero-order valence-electron chi connectivity index (χ0n) is 18.3. The van der Waals surface area contributed by atoms with E-state index in [0.29, 0.717) is 32.5 Å². The predicted octanol–water partition coefficient (Wildman–Crippen LogP) is 5.66. The van der Waals surface area contributed by atoms with Crippen molar-refractivity contribution >= 4 is 28.0 Å². The van der Waals surface area contributed by atoms with Gasteiger partial charge < -0.3 is 14.4 Å². The van der Waals surface area contributed by atoms with E-state index in [4.69, 9.17) is 9.47 Å². The first-order valence-corrected chi connectivity index (χ1v) is 11.3. The van der Waals surface area contributed by atoms with E-state index in [0.717, 1.165) is 23.7 Å². The second-order valence-electron chi connectivity index (χ2n) is 8.89. The van der Waals surface area contributed by atoms with E-state index >= 15 is 0 Å². The van der Waals surface area contributed by atoms with Crippen LogP contribution in [0.4, 0.5) is 4.79 Å². The van der Waals surface area contributed by atoms with Crippen LogP contribution in [0.15, 0.2) is 22.7 Å². The lowest BCUT2D eigenvalue weighted by atomic mass is 9.74. The van der Waals surface area contributed by atoms with Crippen LogP contribution in [0.25, 0.3) is 0 Å². The highest BCUT2D eigenvalue weighted by atomic mass is 79.9. The topological polar surface area (TPSA) is 55.8 Å².